The van der Waals surface area contributed by atoms with Crippen molar-refractivity contribution in [3.05, 3.63) is 0 Å². The third kappa shape index (κ3) is 18.9. The fourth-order valence-corrected chi connectivity index (χ4v) is 2.69. The van der Waals surface area contributed by atoms with Gasteiger partial charge in [0.25, 0.3) is 0 Å². The molecule has 0 aliphatic heterocycles. The lowest BCUT2D eigenvalue weighted by Gasteiger charge is -2.30. The molecule has 0 aromatic rings. The largest absolute Gasteiger partial charge is 0.403 e. The summed E-state index contributed by atoms with van der Waals surface area (Å²) in [5, 5.41) is 0. The highest BCUT2D eigenvalue weighted by Gasteiger charge is 2.10. The highest BCUT2D eigenvalue weighted by molar-refractivity contribution is 6.25. The maximum Gasteiger partial charge on any atom is 0.182 e. The molecule has 0 aliphatic carbocycles. The summed E-state index contributed by atoms with van der Waals surface area (Å²) in [7, 11) is 41.7. The Bertz CT molecular complexity index is 398. The lowest BCUT2D eigenvalue weighted by atomic mass is 10.1. The van der Waals surface area contributed by atoms with Crippen molar-refractivity contribution in [1.29, 1.82) is 0 Å². The van der Waals surface area contributed by atoms with Crippen molar-refractivity contribution < 1.29 is 0 Å². The maximum atomic E-state index is 6.19. The van der Waals surface area contributed by atoms with Crippen molar-refractivity contribution in [3.8, 4) is 0 Å². The first-order valence-electron chi connectivity index (χ1n) is 10.3. The third-order valence-electron chi connectivity index (χ3n) is 4.64. The Labute approximate surface area is 194 Å². The van der Waals surface area contributed by atoms with Gasteiger partial charge >= 0.3 is 0 Å². The summed E-state index contributed by atoms with van der Waals surface area (Å²) < 4.78 is 2.35. The molecular formula is C15H33B7N8. The van der Waals surface area contributed by atoms with Gasteiger partial charge in [0.1, 0.15) is 0 Å². The van der Waals surface area contributed by atoms with E-state index in [1.54, 1.807) is 14.4 Å². The summed E-state index contributed by atoms with van der Waals surface area (Å²) in [6.07, 6.45) is 0. The third-order valence-corrected chi connectivity index (χ3v) is 4.64. The van der Waals surface area contributed by atoms with Gasteiger partial charge in [-0.2, -0.15) is 0 Å². The lowest BCUT2D eigenvalue weighted by Crippen LogP contribution is -2.44. The van der Waals surface area contributed by atoms with Gasteiger partial charge in [0, 0.05) is 45.8 Å². The molecule has 2 N–H and O–H groups in total. The number of rotatable bonds is 20. The molecule has 154 valence electrons. The van der Waals surface area contributed by atoms with Crippen LogP contribution in [-0.4, -0.2) is 188 Å². The van der Waals surface area contributed by atoms with Crippen molar-refractivity contribution in [2.24, 2.45) is 5.73 Å². The van der Waals surface area contributed by atoms with Crippen LogP contribution >= 0.6 is 0 Å². The number of likely N-dealkylation sites (N-methyl/N-ethyl adjacent to an activating group) is 1. The molecule has 0 bridgehead atoms. The highest BCUT2D eigenvalue weighted by Crippen LogP contribution is 1.95. The minimum absolute atomic E-state index is 0.541. The predicted octanol–water partition coefficient (Wildman–Crippen LogP) is -4.73. The van der Waals surface area contributed by atoms with Gasteiger partial charge in [-0.05, 0) is 52.9 Å². The average Bonchev–Trinajstić information content (AvgIpc) is 2.67. The van der Waals surface area contributed by atoms with Crippen LogP contribution in [0.15, 0.2) is 0 Å². The van der Waals surface area contributed by atoms with Gasteiger partial charge in [0.2, 0.25) is 0 Å². The monoisotopic (exact) mass is 402 g/mol. The molecule has 0 amide bonds. The average molecular weight is 401 g/mol. The SMILES string of the molecule is [B]N([B])CCN(CCN)CCN([B])CCN(CCN([B])[B])CCN([B])CCN([B])C. The molecule has 0 fully saturated rings. The Balaban J connectivity index is 4.36. The molecule has 8 nitrogen and oxygen atoms in total. The highest BCUT2D eigenvalue weighted by atomic mass is 15.2. The Kier molecular flexibility index (Phi) is 18.8. The van der Waals surface area contributed by atoms with Crippen LogP contribution in [0.3, 0.4) is 0 Å². The first kappa shape index (κ1) is 30.1. The van der Waals surface area contributed by atoms with E-state index in [9.17, 15) is 0 Å². The first-order valence-corrected chi connectivity index (χ1v) is 10.3. The van der Waals surface area contributed by atoms with Crippen LogP contribution in [0.2, 0.25) is 0 Å². The van der Waals surface area contributed by atoms with Gasteiger partial charge in [-0.3, -0.25) is 9.80 Å². The molecule has 0 saturated carbocycles. The zero-order valence-electron chi connectivity index (χ0n) is 18.6. The van der Waals surface area contributed by atoms with Crippen LogP contribution in [0.5, 0.6) is 0 Å². The Morgan fingerprint density at radius 3 is 1.13 bits per heavy atom. The first-order chi connectivity index (χ1) is 14.1. The van der Waals surface area contributed by atoms with Crippen LogP contribution in [0, 0.1) is 0 Å². The van der Waals surface area contributed by atoms with E-state index in [0.29, 0.717) is 58.9 Å². The quantitative estimate of drug-likeness (QED) is 0.204. The minimum atomic E-state index is 0.541. The lowest BCUT2D eigenvalue weighted by molar-refractivity contribution is 0.215. The number of nitrogens with zero attached hydrogens (tertiary/aromatic N) is 7. The molecule has 30 heavy (non-hydrogen) atoms. The Hall–Kier alpha value is 0.135. The van der Waals surface area contributed by atoms with Gasteiger partial charge in [0.15, 0.2) is 55.9 Å². The van der Waals surface area contributed by atoms with Gasteiger partial charge in [0.05, 0.1) is 0 Å². The molecule has 0 unspecified atom stereocenters. The van der Waals surface area contributed by atoms with E-state index in [4.69, 9.17) is 61.6 Å². The summed E-state index contributed by atoms with van der Waals surface area (Å²) in [5.74, 6) is 0. The summed E-state index contributed by atoms with van der Waals surface area (Å²) in [6.45, 7) is 9.68. The topological polar surface area (TPSA) is 48.7 Å². The summed E-state index contributed by atoms with van der Waals surface area (Å²) in [6, 6.07) is 0. The smallest absolute Gasteiger partial charge is 0.182 e. The van der Waals surface area contributed by atoms with E-state index in [1.807, 2.05) is 7.05 Å². The van der Waals surface area contributed by atoms with Gasteiger partial charge in [-0.1, -0.05) is 0 Å². The van der Waals surface area contributed by atoms with Crippen LogP contribution in [0.4, 0.5) is 0 Å². The van der Waals surface area contributed by atoms with Crippen molar-refractivity contribution in [1.82, 2.24) is 33.7 Å². The zero-order valence-corrected chi connectivity index (χ0v) is 18.6. The Morgan fingerprint density at radius 1 is 0.467 bits per heavy atom. The normalized spacial score (nSPS) is 12.6. The van der Waals surface area contributed by atoms with Gasteiger partial charge in [-0.15, -0.1) is 0 Å². The molecule has 0 aromatic carbocycles. The standard InChI is InChI=1S/C15H33B7N8/c1-24(16)4-10-27(17)12-6-26(9-15-30(21)22)7-13-28(18)11-5-25(3-2-23)8-14-29(19)20/h2-15,23H2,1H3. The van der Waals surface area contributed by atoms with Crippen LogP contribution in [0.25, 0.3) is 0 Å². The molecular weight excluding hydrogens is 368 g/mol. The fraction of sp³-hybridized carbons (Fsp3) is 1.00. The molecule has 0 rings (SSSR count). The Morgan fingerprint density at radius 2 is 0.800 bits per heavy atom. The molecule has 14 radical (unpaired) electrons. The van der Waals surface area contributed by atoms with Crippen molar-refractivity contribution >= 4 is 55.9 Å². The van der Waals surface area contributed by atoms with Crippen LogP contribution in [-0.2, 0) is 0 Å². The minimum Gasteiger partial charge on any atom is -0.403 e. The summed E-state index contributed by atoms with van der Waals surface area (Å²) in [4.78, 5) is 9.58. The number of hydrogen-bond donors (Lipinski definition) is 1. The fourth-order valence-electron chi connectivity index (χ4n) is 2.69. The molecule has 0 aliphatic rings. The summed E-state index contributed by atoms with van der Waals surface area (Å²) in [5.41, 5.74) is 5.68. The predicted molar refractivity (Wildman–Crippen MR) is 131 cm³/mol. The van der Waals surface area contributed by atoms with Crippen LogP contribution < -0.4 is 5.73 Å². The second kappa shape index (κ2) is 18.7. The van der Waals surface area contributed by atoms with Gasteiger partial charge < -0.3 is 29.6 Å². The molecule has 0 atom stereocenters. The summed E-state index contributed by atoms with van der Waals surface area (Å²) >= 11 is 0. The maximum absolute atomic E-state index is 6.19. The van der Waals surface area contributed by atoms with E-state index >= 15 is 0 Å². The molecule has 15 heteroatoms. The molecule has 0 saturated heterocycles. The van der Waals surface area contributed by atoms with E-state index in [2.05, 4.69) is 9.80 Å². The van der Waals surface area contributed by atoms with E-state index < -0.39 is 0 Å². The van der Waals surface area contributed by atoms with E-state index in [0.717, 1.165) is 32.7 Å². The van der Waals surface area contributed by atoms with Crippen molar-refractivity contribution in [2.75, 3.05) is 98.7 Å². The van der Waals surface area contributed by atoms with Gasteiger partial charge in [-0.25, -0.2) is 0 Å². The second-order valence-corrected chi connectivity index (χ2v) is 7.50. The van der Waals surface area contributed by atoms with E-state index in [1.165, 1.54) is 9.44 Å². The van der Waals surface area contributed by atoms with E-state index in [-0.39, 0.29) is 0 Å². The van der Waals surface area contributed by atoms with Crippen molar-refractivity contribution in [3.63, 3.8) is 0 Å². The molecule has 0 aromatic heterocycles. The van der Waals surface area contributed by atoms with Crippen LogP contribution in [0.1, 0.15) is 0 Å². The molecule has 0 spiro atoms. The number of hydrogen-bond acceptors (Lipinski definition) is 8. The second-order valence-electron chi connectivity index (χ2n) is 7.50. The number of nitrogens with two attached hydrogens (primary N) is 1. The molecule has 0 heterocycles. The zero-order chi connectivity index (χ0) is 22.9. The van der Waals surface area contributed by atoms with Crippen molar-refractivity contribution in [2.45, 2.75) is 0 Å².